The lowest BCUT2D eigenvalue weighted by atomic mass is 10.2. The number of rotatable bonds is 3. The van der Waals surface area contributed by atoms with Gasteiger partial charge in [-0.1, -0.05) is 29.5 Å². The number of amides is 1. The molecule has 8 heteroatoms. The number of sulfone groups is 1. The van der Waals surface area contributed by atoms with Gasteiger partial charge < -0.3 is 0 Å². The molecular weight excluding hydrogens is 400 g/mol. The van der Waals surface area contributed by atoms with Crippen molar-refractivity contribution in [2.24, 2.45) is 0 Å². The Morgan fingerprint density at radius 2 is 1.91 bits per heavy atom. The molecule has 0 bridgehead atoms. The standard InChI is InChI=1S/C15H11BrN2O3S2/c1-23(20,21)12-8-3-2-5-9(12)14(19)18-15-17-13-10(16)6-4-7-11(13)22-15/h2-8H,1H3,(H,17,18,19). The average molecular weight is 411 g/mol. The highest BCUT2D eigenvalue weighted by Gasteiger charge is 2.19. The van der Waals surface area contributed by atoms with E-state index in [0.29, 0.717) is 5.13 Å². The van der Waals surface area contributed by atoms with Crippen LogP contribution in [0.15, 0.2) is 51.8 Å². The van der Waals surface area contributed by atoms with E-state index in [2.05, 4.69) is 26.2 Å². The maximum Gasteiger partial charge on any atom is 0.258 e. The highest BCUT2D eigenvalue weighted by Crippen LogP contribution is 2.31. The zero-order valence-electron chi connectivity index (χ0n) is 11.9. The summed E-state index contributed by atoms with van der Waals surface area (Å²) in [5.41, 5.74) is 0.859. The second-order valence-electron chi connectivity index (χ2n) is 4.83. The number of hydrogen-bond acceptors (Lipinski definition) is 5. The van der Waals surface area contributed by atoms with Crippen LogP contribution in [0.1, 0.15) is 10.4 Å². The molecule has 1 aromatic heterocycles. The average Bonchev–Trinajstić information content (AvgIpc) is 2.90. The molecule has 3 aromatic rings. The third kappa shape index (κ3) is 3.29. The van der Waals surface area contributed by atoms with Crippen molar-refractivity contribution in [1.82, 2.24) is 4.98 Å². The van der Waals surface area contributed by atoms with E-state index in [4.69, 9.17) is 0 Å². The first-order chi connectivity index (χ1) is 10.9. The molecule has 1 N–H and O–H groups in total. The number of fused-ring (bicyclic) bond motifs is 1. The molecule has 0 spiro atoms. The third-order valence-corrected chi connectivity index (χ3v) is 5.85. The number of aromatic nitrogens is 1. The molecule has 0 atom stereocenters. The van der Waals surface area contributed by atoms with Crippen molar-refractivity contribution in [1.29, 1.82) is 0 Å². The molecule has 3 rings (SSSR count). The molecule has 2 aromatic carbocycles. The number of hydrogen-bond donors (Lipinski definition) is 1. The Bertz CT molecular complexity index is 1010. The molecule has 1 amide bonds. The summed E-state index contributed by atoms with van der Waals surface area (Å²) < 4.78 is 25.4. The van der Waals surface area contributed by atoms with Crippen LogP contribution >= 0.6 is 27.3 Å². The van der Waals surface area contributed by atoms with Crippen molar-refractivity contribution >= 4 is 58.4 Å². The maximum absolute atomic E-state index is 12.4. The van der Waals surface area contributed by atoms with Crippen LogP contribution < -0.4 is 5.32 Å². The Kier molecular flexibility index (Phi) is 4.22. The van der Waals surface area contributed by atoms with Gasteiger partial charge in [-0.3, -0.25) is 10.1 Å². The van der Waals surface area contributed by atoms with Crippen molar-refractivity contribution in [2.45, 2.75) is 4.90 Å². The molecule has 0 saturated heterocycles. The van der Waals surface area contributed by atoms with E-state index in [1.54, 1.807) is 12.1 Å². The normalized spacial score (nSPS) is 11.6. The number of halogens is 1. The van der Waals surface area contributed by atoms with Crippen LogP contribution in [0.3, 0.4) is 0 Å². The summed E-state index contributed by atoms with van der Waals surface area (Å²) in [5.74, 6) is -0.499. The quantitative estimate of drug-likeness (QED) is 0.713. The van der Waals surface area contributed by atoms with Crippen LogP contribution in [0.25, 0.3) is 10.2 Å². The van der Waals surface area contributed by atoms with E-state index >= 15 is 0 Å². The molecule has 0 aliphatic carbocycles. The van der Waals surface area contributed by atoms with Crippen LogP contribution in [0.4, 0.5) is 5.13 Å². The fraction of sp³-hybridized carbons (Fsp3) is 0.0667. The van der Waals surface area contributed by atoms with Crippen molar-refractivity contribution in [3.63, 3.8) is 0 Å². The number of thiazole rings is 1. The molecule has 118 valence electrons. The minimum Gasteiger partial charge on any atom is -0.298 e. The number of carbonyl (C=O) groups excluding carboxylic acids is 1. The maximum atomic E-state index is 12.4. The van der Waals surface area contributed by atoms with Gasteiger partial charge >= 0.3 is 0 Å². The Morgan fingerprint density at radius 3 is 2.61 bits per heavy atom. The number of nitrogens with one attached hydrogen (secondary N) is 1. The first-order valence-corrected chi connectivity index (χ1v) is 10.0. The lowest BCUT2D eigenvalue weighted by molar-refractivity contribution is 0.102. The van der Waals surface area contributed by atoms with Gasteiger partial charge in [0, 0.05) is 10.7 Å². The summed E-state index contributed by atoms with van der Waals surface area (Å²) >= 11 is 4.74. The van der Waals surface area contributed by atoms with Crippen molar-refractivity contribution < 1.29 is 13.2 Å². The van der Waals surface area contributed by atoms with Gasteiger partial charge in [0.2, 0.25) is 0 Å². The van der Waals surface area contributed by atoms with E-state index in [1.807, 2.05) is 18.2 Å². The molecule has 0 saturated carbocycles. The zero-order chi connectivity index (χ0) is 16.6. The van der Waals surface area contributed by atoms with Gasteiger partial charge in [-0.2, -0.15) is 0 Å². The first-order valence-electron chi connectivity index (χ1n) is 6.52. The van der Waals surface area contributed by atoms with Gasteiger partial charge in [-0.25, -0.2) is 13.4 Å². The zero-order valence-corrected chi connectivity index (χ0v) is 15.1. The fourth-order valence-electron chi connectivity index (χ4n) is 2.11. The van der Waals surface area contributed by atoms with Crippen LogP contribution in [0, 0.1) is 0 Å². The van der Waals surface area contributed by atoms with Gasteiger partial charge in [0.05, 0.1) is 20.7 Å². The van der Waals surface area contributed by atoms with Gasteiger partial charge in [0.15, 0.2) is 15.0 Å². The molecule has 0 aliphatic rings. The summed E-state index contributed by atoms with van der Waals surface area (Å²) in [6, 6.07) is 11.8. The lowest BCUT2D eigenvalue weighted by Gasteiger charge is -2.06. The SMILES string of the molecule is CS(=O)(=O)c1ccccc1C(=O)Nc1nc2c(Br)cccc2s1. The predicted octanol–water partition coefficient (Wildman–Crippen LogP) is 3.71. The topological polar surface area (TPSA) is 76.1 Å². The number of para-hydroxylation sites is 1. The van der Waals surface area contributed by atoms with E-state index in [0.717, 1.165) is 20.9 Å². The van der Waals surface area contributed by atoms with Crippen LogP contribution in [0.2, 0.25) is 0 Å². The second-order valence-corrected chi connectivity index (χ2v) is 8.70. The summed E-state index contributed by atoms with van der Waals surface area (Å²) in [5, 5.41) is 3.09. The van der Waals surface area contributed by atoms with E-state index in [9.17, 15) is 13.2 Å². The van der Waals surface area contributed by atoms with Gasteiger partial charge in [0.1, 0.15) is 0 Å². The summed E-state index contributed by atoms with van der Waals surface area (Å²) in [6.45, 7) is 0. The molecule has 5 nitrogen and oxygen atoms in total. The van der Waals surface area contributed by atoms with Crippen molar-refractivity contribution in [3.05, 3.63) is 52.5 Å². The van der Waals surface area contributed by atoms with E-state index in [-0.39, 0.29) is 10.5 Å². The van der Waals surface area contributed by atoms with Gasteiger partial charge in [-0.15, -0.1) is 0 Å². The van der Waals surface area contributed by atoms with Crippen LogP contribution in [-0.4, -0.2) is 25.6 Å². The fourth-order valence-corrected chi connectivity index (χ4v) is 4.47. The predicted molar refractivity (Wildman–Crippen MR) is 94.8 cm³/mol. The second kappa shape index (κ2) is 6.03. The largest absolute Gasteiger partial charge is 0.298 e. The van der Waals surface area contributed by atoms with Crippen molar-refractivity contribution in [3.8, 4) is 0 Å². The number of benzene rings is 2. The van der Waals surface area contributed by atoms with Gasteiger partial charge in [0.25, 0.3) is 5.91 Å². The molecular formula is C15H11BrN2O3S2. The Hall–Kier alpha value is -1.77. The van der Waals surface area contributed by atoms with E-state index in [1.165, 1.54) is 23.5 Å². The summed E-state index contributed by atoms with van der Waals surface area (Å²) in [6.07, 6.45) is 1.08. The Labute approximate surface area is 145 Å². The first kappa shape index (κ1) is 16.1. The van der Waals surface area contributed by atoms with Crippen molar-refractivity contribution in [2.75, 3.05) is 11.6 Å². The summed E-state index contributed by atoms with van der Waals surface area (Å²) in [7, 11) is -3.49. The summed E-state index contributed by atoms with van der Waals surface area (Å²) in [4.78, 5) is 16.8. The van der Waals surface area contributed by atoms with Gasteiger partial charge in [-0.05, 0) is 40.2 Å². The Balaban J connectivity index is 1.97. The Morgan fingerprint density at radius 1 is 1.17 bits per heavy atom. The molecule has 1 heterocycles. The molecule has 0 unspecified atom stereocenters. The third-order valence-electron chi connectivity index (χ3n) is 3.12. The molecule has 0 radical (unpaired) electrons. The molecule has 0 aliphatic heterocycles. The smallest absolute Gasteiger partial charge is 0.258 e. The van der Waals surface area contributed by atoms with Crippen LogP contribution in [0.5, 0.6) is 0 Å². The number of anilines is 1. The van der Waals surface area contributed by atoms with Crippen LogP contribution in [-0.2, 0) is 9.84 Å². The minimum absolute atomic E-state index is 0.000193. The molecule has 23 heavy (non-hydrogen) atoms. The minimum atomic E-state index is -3.49. The van der Waals surface area contributed by atoms with E-state index < -0.39 is 15.7 Å². The number of carbonyl (C=O) groups is 1. The highest BCUT2D eigenvalue weighted by molar-refractivity contribution is 9.10. The monoisotopic (exact) mass is 410 g/mol. The molecule has 0 fully saturated rings. The highest BCUT2D eigenvalue weighted by atomic mass is 79.9. The number of nitrogens with zero attached hydrogens (tertiary/aromatic N) is 1. The lowest BCUT2D eigenvalue weighted by Crippen LogP contribution is -2.15.